The highest BCUT2D eigenvalue weighted by molar-refractivity contribution is 6.00. The molecule has 3 nitrogen and oxygen atoms in total. The first-order chi connectivity index (χ1) is 10.2. The second-order valence-electron chi connectivity index (χ2n) is 5.50. The number of nitrogens with two attached hydrogens (primary N) is 1. The summed E-state index contributed by atoms with van der Waals surface area (Å²) in [6.07, 6.45) is 3.18. The number of hydrogen-bond acceptors (Lipinski definition) is 3. The van der Waals surface area contributed by atoms with Crippen molar-refractivity contribution in [3.8, 4) is 5.75 Å². The maximum absolute atomic E-state index is 12.3. The van der Waals surface area contributed by atoms with Crippen molar-refractivity contribution >= 4 is 5.78 Å². The molecule has 0 heterocycles. The van der Waals surface area contributed by atoms with Crippen molar-refractivity contribution in [1.29, 1.82) is 0 Å². The molecule has 0 saturated heterocycles. The Labute approximate surface area is 124 Å². The number of rotatable bonds is 6. The Morgan fingerprint density at radius 1 is 1.10 bits per heavy atom. The molecule has 21 heavy (non-hydrogen) atoms. The normalized spacial score (nSPS) is 15.5. The first-order valence-corrected chi connectivity index (χ1v) is 7.33. The lowest BCUT2D eigenvalue weighted by Crippen LogP contribution is -2.32. The lowest BCUT2D eigenvalue weighted by Gasteiger charge is -2.11. The third-order valence-electron chi connectivity index (χ3n) is 3.60. The SMILES string of the molecule is NC(Cc1ccccc1)C(=O)c1ccc(OC2CC2)cc1. The lowest BCUT2D eigenvalue weighted by atomic mass is 9.98. The van der Waals surface area contributed by atoms with Gasteiger partial charge in [0, 0.05) is 5.56 Å². The van der Waals surface area contributed by atoms with Gasteiger partial charge in [-0.25, -0.2) is 0 Å². The van der Waals surface area contributed by atoms with E-state index < -0.39 is 6.04 Å². The maximum atomic E-state index is 12.3. The standard InChI is InChI=1S/C18H19NO2/c19-17(12-13-4-2-1-3-5-13)18(20)14-6-8-15(9-7-14)21-16-10-11-16/h1-9,16-17H,10-12,19H2. The van der Waals surface area contributed by atoms with E-state index in [1.54, 1.807) is 12.1 Å². The molecule has 2 aromatic rings. The zero-order valence-electron chi connectivity index (χ0n) is 11.9. The maximum Gasteiger partial charge on any atom is 0.179 e. The minimum absolute atomic E-state index is 0.0307. The van der Waals surface area contributed by atoms with Crippen LogP contribution in [0.15, 0.2) is 54.6 Å². The van der Waals surface area contributed by atoms with Crippen LogP contribution in [0.5, 0.6) is 5.75 Å². The highest BCUT2D eigenvalue weighted by Crippen LogP contribution is 2.26. The highest BCUT2D eigenvalue weighted by atomic mass is 16.5. The molecule has 0 spiro atoms. The molecule has 1 atom stereocenters. The van der Waals surface area contributed by atoms with Crippen LogP contribution in [0.2, 0.25) is 0 Å². The van der Waals surface area contributed by atoms with E-state index in [0.29, 0.717) is 18.1 Å². The van der Waals surface area contributed by atoms with Crippen molar-refractivity contribution in [3.63, 3.8) is 0 Å². The summed E-state index contributed by atoms with van der Waals surface area (Å²) < 4.78 is 5.67. The van der Waals surface area contributed by atoms with E-state index in [9.17, 15) is 4.79 Å². The molecular formula is C18H19NO2. The van der Waals surface area contributed by atoms with Gasteiger partial charge in [-0.3, -0.25) is 4.79 Å². The van der Waals surface area contributed by atoms with Crippen LogP contribution in [0.4, 0.5) is 0 Å². The number of ketones is 1. The molecular weight excluding hydrogens is 262 g/mol. The average Bonchev–Trinajstić information content (AvgIpc) is 3.32. The predicted molar refractivity (Wildman–Crippen MR) is 82.5 cm³/mol. The fraction of sp³-hybridized carbons (Fsp3) is 0.278. The summed E-state index contributed by atoms with van der Waals surface area (Å²) in [5.41, 5.74) is 7.75. The number of benzene rings is 2. The molecule has 0 bridgehead atoms. The van der Waals surface area contributed by atoms with E-state index in [4.69, 9.17) is 10.5 Å². The molecule has 1 aliphatic rings. The molecule has 3 heteroatoms. The number of ether oxygens (including phenoxy) is 1. The third-order valence-corrected chi connectivity index (χ3v) is 3.60. The summed E-state index contributed by atoms with van der Waals surface area (Å²) >= 11 is 0. The zero-order chi connectivity index (χ0) is 14.7. The molecule has 3 rings (SSSR count). The molecule has 1 aliphatic carbocycles. The van der Waals surface area contributed by atoms with E-state index in [1.807, 2.05) is 42.5 Å². The largest absolute Gasteiger partial charge is 0.490 e. The van der Waals surface area contributed by atoms with Gasteiger partial charge in [-0.2, -0.15) is 0 Å². The molecule has 0 aliphatic heterocycles. The van der Waals surface area contributed by atoms with Crippen LogP contribution in [-0.2, 0) is 6.42 Å². The number of carbonyl (C=O) groups excluding carboxylic acids is 1. The Balaban J connectivity index is 1.63. The monoisotopic (exact) mass is 281 g/mol. The van der Waals surface area contributed by atoms with Gasteiger partial charge in [-0.1, -0.05) is 30.3 Å². The topological polar surface area (TPSA) is 52.3 Å². The van der Waals surface area contributed by atoms with Gasteiger partial charge >= 0.3 is 0 Å². The second-order valence-corrected chi connectivity index (χ2v) is 5.50. The Morgan fingerprint density at radius 2 is 1.76 bits per heavy atom. The second kappa shape index (κ2) is 6.10. The van der Waals surface area contributed by atoms with E-state index in [0.717, 1.165) is 24.2 Å². The van der Waals surface area contributed by atoms with Gasteiger partial charge in [0.15, 0.2) is 5.78 Å². The van der Waals surface area contributed by atoms with Crippen LogP contribution in [0.3, 0.4) is 0 Å². The van der Waals surface area contributed by atoms with Crippen LogP contribution in [0.1, 0.15) is 28.8 Å². The van der Waals surface area contributed by atoms with Crippen molar-refractivity contribution < 1.29 is 9.53 Å². The fourth-order valence-electron chi connectivity index (χ4n) is 2.25. The van der Waals surface area contributed by atoms with Crippen molar-refractivity contribution in [2.75, 3.05) is 0 Å². The van der Waals surface area contributed by atoms with Gasteiger partial charge < -0.3 is 10.5 Å². The average molecular weight is 281 g/mol. The zero-order valence-corrected chi connectivity index (χ0v) is 11.9. The summed E-state index contributed by atoms with van der Waals surface area (Å²) in [5, 5.41) is 0. The van der Waals surface area contributed by atoms with Gasteiger partial charge in [-0.15, -0.1) is 0 Å². The van der Waals surface area contributed by atoms with Crippen molar-refractivity contribution in [1.82, 2.24) is 0 Å². The molecule has 1 saturated carbocycles. The van der Waals surface area contributed by atoms with Crippen LogP contribution >= 0.6 is 0 Å². The summed E-state index contributed by atoms with van der Waals surface area (Å²) in [6.45, 7) is 0. The van der Waals surface area contributed by atoms with Crippen LogP contribution in [0, 0.1) is 0 Å². The molecule has 108 valence electrons. The number of hydrogen-bond donors (Lipinski definition) is 1. The number of Topliss-reactive ketones (excluding diaryl/α,β-unsaturated/α-hetero) is 1. The van der Waals surface area contributed by atoms with Gasteiger partial charge in [-0.05, 0) is 49.1 Å². The lowest BCUT2D eigenvalue weighted by molar-refractivity contribution is 0.0961. The third kappa shape index (κ3) is 3.70. The number of carbonyl (C=O) groups is 1. The molecule has 2 aromatic carbocycles. The van der Waals surface area contributed by atoms with Crippen LogP contribution in [-0.4, -0.2) is 17.9 Å². The fourth-order valence-corrected chi connectivity index (χ4v) is 2.25. The van der Waals surface area contributed by atoms with Crippen LogP contribution in [0.25, 0.3) is 0 Å². The summed E-state index contributed by atoms with van der Waals surface area (Å²) in [4.78, 5) is 12.3. The molecule has 0 amide bonds. The predicted octanol–water partition coefficient (Wildman–Crippen LogP) is 2.98. The molecule has 1 unspecified atom stereocenters. The Hall–Kier alpha value is -2.13. The van der Waals surface area contributed by atoms with Gasteiger partial charge in [0.25, 0.3) is 0 Å². The van der Waals surface area contributed by atoms with Crippen molar-refractivity contribution in [3.05, 3.63) is 65.7 Å². The quantitative estimate of drug-likeness (QED) is 0.828. The van der Waals surface area contributed by atoms with Gasteiger partial charge in [0.1, 0.15) is 5.75 Å². The molecule has 0 aromatic heterocycles. The smallest absolute Gasteiger partial charge is 0.179 e. The summed E-state index contributed by atoms with van der Waals surface area (Å²) in [5.74, 6) is 0.794. The minimum atomic E-state index is -0.511. The van der Waals surface area contributed by atoms with E-state index in [1.165, 1.54) is 0 Å². The molecule has 1 fully saturated rings. The van der Waals surface area contributed by atoms with E-state index in [-0.39, 0.29) is 5.78 Å². The Bertz CT molecular complexity index is 603. The first kappa shape index (κ1) is 13.8. The molecule has 0 radical (unpaired) electrons. The first-order valence-electron chi connectivity index (χ1n) is 7.33. The van der Waals surface area contributed by atoms with Crippen molar-refractivity contribution in [2.24, 2.45) is 5.73 Å². The minimum Gasteiger partial charge on any atom is -0.490 e. The Morgan fingerprint density at radius 3 is 2.38 bits per heavy atom. The molecule has 2 N–H and O–H groups in total. The highest BCUT2D eigenvalue weighted by Gasteiger charge is 2.23. The Kier molecular flexibility index (Phi) is 4.02. The summed E-state index contributed by atoms with van der Waals surface area (Å²) in [7, 11) is 0. The van der Waals surface area contributed by atoms with Gasteiger partial charge in [0.05, 0.1) is 12.1 Å². The van der Waals surface area contributed by atoms with Crippen LogP contribution < -0.4 is 10.5 Å². The summed E-state index contributed by atoms with van der Waals surface area (Å²) in [6, 6.07) is 16.6. The van der Waals surface area contributed by atoms with Gasteiger partial charge in [0.2, 0.25) is 0 Å². The van der Waals surface area contributed by atoms with E-state index in [2.05, 4.69) is 0 Å². The van der Waals surface area contributed by atoms with E-state index >= 15 is 0 Å². The van der Waals surface area contributed by atoms with Crippen molar-refractivity contribution in [2.45, 2.75) is 31.4 Å².